The number of azo groups is 1. The van der Waals surface area contributed by atoms with Crippen molar-refractivity contribution in [3.05, 3.63) is 48.0 Å². The number of anilines is 1. The topological polar surface area (TPSA) is 99.1 Å². The van der Waals surface area contributed by atoms with E-state index in [0.29, 0.717) is 17.4 Å². The number of nitrogens with zero attached hydrogens (tertiary/aromatic N) is 2. The smallest absolute Gasteiger partial charge is 0.283 e. The molecule has 0 aliphatic rings. The second kappa shape index (κ2) is 7.90. The maximum absolute atomic E-state index is 12.1. The van der Waals surface area contributed by atoms with E-state index in [-0.39, 0.29) is 18.1 Å². The van der Waals surface area contributed by atoms with Crippen molar-refractivity contribution in [2.45, 2.75) is 19.8 Å². The molecule has 1 heterocycles. The molecule has 140 valence electrons. The van der Waals surface area contributed by atoms with Crippen LogP contribution in [0.1, 0.15) is 25.3 Å². The Kier molecular flexibility index (Phi) is 5.40. The fourth-order valence-electron chi connectivity index (χ4n) is 2.74. The molecule has 3 rings (SSSR count). The van der Waals surface area contributed by atoms with Crippen molar-refractivity contribution < 1.29 is 14.6 Å². The van der Waals surface area contributed by atoms with E-state index in [1.165, 1.54) is 0 Å². The molecule has 0 spiro atoms. The number of H-pyrrole nitrogens is 1. The van der Waals surface area contributed by atoms with Crippen LogP contribution in [0.2, 0.25) is 0 Å². The van der Waals surface area contributed by atoms with Crippen LogP contribution in [0.3, 0.4) is 0 Å². The van der Waals surface area contributed by atoms with Crippen LogP contribution in [0.4, 0.5) is 11.4 Å². The fourth-order valence-corrected chi connectivity index (χ4v) is 2.74. The number of ether oxygens (including phenoxy) is 1. The van der Waals surface area contributed by atoms with Gasteiger partial charge in [0.05, 0.1) is 24.9 Å². The minimum absolute atomic E-state index is 0.0375. The third-order valence-electron chi connectivity index (χ3n) is 4.24. The Hall–Kier alpha value is -3.35. The number of nitrogens with one attached hydrogen (secondary N) is 2. The molecule has 0 atom stereocenters. The zero-order valence-electron chi connectivity index (χ0n) is 15.5. The number of aromatic amines is 1. The summed E-state index contributed by atoms with van der Waals surface area (Å²) in [5.41, 5.74) is 2.81. The molecule has 2 aromatic carbocycles. The van der Waals surface area contributed by atoms with Gasteiger partial charge in [-0.15, -0.1) is 10.2 Å². The van der Waals surface area contributed by atoms with Gasteiger partial charge in [0.1, 0.15) is 5.75 Å². The van der Waals surface area contributed by atoms with Gasteiger partial charge in [-0.2, -0.15) is 0 Å². The Morgan fingerprint density at radius 3 is 2.78 bits per heavy atom. The molecule has 3 aromatic rings. The van der Waals surface area contributed by atoms with E-state index < -0.39 is 5.91 Å². The lowest BCUT2D eigenvalue weighted by molar-refractivity contribution is -0.116. The summed E-state index contributed by atoms with van der Waals surface area (Å²) in [7, 11) is 1.56. The van der Waals surface area contributed by atoms with Crippen LogP contribution in [-0.2, 0) is 4.79 Å². The highest BCUT2D eigenvalue weighted by atomic mass is 16.5. The number of carbonyl (C=O) groups excluding carboxylic acids is 1. The predicted molar refractivity (Wildman–Crippen MR) is 105 cm³/mol. The normalized spacial score (nSPS) is 11.4. The summed E-state index contributed by atoms with van der Waals surface area (Å²) in [6, 6.07) is 13.1. The minimum Gasteiger partial charge on any atom is -0.495 e. The van der Waals surface area contributed by atoms with Crippen molar-refractivity contribution in [2.75, 3.05) is 19.0 Å². The molecule has 0 fully saturated rings. The summed E-state index contributed by atoms with van der Waals surface area (Å²) < 4.78 is 5.23. The SMILES string of the molecule is COc1ccccc1NCC(=O)N=Nc1c(O)[nH]c2ccc(C(C)C)cc12. The molecule has 0 bridgehead atoms. The zero-order valence-corrected chi connectivity index (χ0v) is 15.5. The standard InChI is InChI=1S/C20H22N4O3/c1-12(2)13-8-9-15-14(10-13)19(20(26)22-15)24-23-18(25)11-21-16-6-4-5-7-17(16)27-3/h4-10,12,21-22,26H,11H2,1-3H3. The van der Waals surface area contributed by atoms with Crippen molar-refractivity contribution in [3.8, 4) is 11.6 Å². The number of amides is 1. The summed E-state index contributed by atoms with van der Waals surface area (Å²) in [6.07, 6.45) is 0. The molecule has 0 saturated heterocycles. The predicted octanol–water partition coefficient (Wildman–Crippen LogP) is 4.73. The first-order chi connectivity index (χ1) is 13.0. The van der Waals surface area contributed by atoms with Gasteiger partial charge >= 0.3 is 0 Å². The molecule has 0 unspecified atom stereocenters. The summed E-state index contributed by atoms with van der Waals surface area (Å²) in [6.45, 7) is 4.13. The highest BCUT2D eigenvalue weighted by Crippen LogP contribution is 2.37. The van der Waals surface area contributed by atoms with Crippen LogP contribution in [-0.4, -0.2) is 29.7 Å². The number of hydrogen-bond acceptors (Lipinski definition) is 5. The van der Waals surface area contributed by atoms with Gasteiger partial charge in [0.2, 0.25) is 5.88 Å². The van der Waals surface area contributed by atoms with Gasteiger partial charge in [-0.3, -0.25) is 4.79 Å². The lowest BCUT2D eigenvalue weighted by Crippen LogP contribution is -2.11. The molecule has 3 N–H and O–H groups in total. The Balaban J connectivity index is 1.76. The van der Waals surface area contributed by atoms with Gasteiger partial charge in [-0.05, 0) is 35.7 Å². The van der Waals surface area contributed by atoms with Crippen LogP contribution in [0.15, 0.2) is 52.7 Å². The first-order valence-electron chi connectivity index (χ1n) is 8.65. The Morgan fingerprint density at radius 1 is 1.26 bits per heavy atom. The van der Waals surface area contributed by atoms with Crippen LogP contribution in [0, 0.1) is 0 Å². The summed E-state index contributed by atoms with van der Waals surface area (Å²) in [4.78, 5) is 14.9. The Bertz CT molecular complexity index is 992. The van der Waals surface area contributed by atoms with Gasteiger partial charge in [0.15, 0.2) is 5.69 Å². The number of fused-ring (bicyclic) bond motifs is 1. The number of benzene rings is 2. The molecule has 7 heteroatoms. The van der Waals surface area contributed by atoms with Crippen molar-refractivity contribution in [2.24, 2.45) is 10.2 Å². The van der Waals surface area contributed by atoms with Crippen molar-refractivity contribution in [3.63, 3.8) is 0 Å². The molecule has 1 amide bonds. The van der Waals surface area contributed by atoms with Crippen molar-refractivity contribution >= 4 is 28.2 Å². The van der Waals surface area contributed by atoms with Crippen LogP contribution in [0.25, 0.3) is 10.9 Å². The number of methoxy groups -OCH3 is 1. The number of para-hydroxylation sites is 2. The maximum atomic E-state index is 12.1. The van der Waals surface area contributed by atoms with E-state index in [1.807, 2.05) is 36.4 Å². The third kappa shape index (κ3) is 4.08. The summed E-state index contributed by atoms with van der Waals surface area (Å²) in [5.74, 6) is 0.399. The van der Waals surface area contributed by atoms with Crippen LogP contribution >= 0.6 is 0 Å². The molecule has 7 nitrogen and oxygen atoms in total. The molecule has 27 heavy (non-hydrogen) atoms. The van der Waals surface area contributed by atoms with E-state index >= 15 is 0 Å². The maximum Gasteiger partial charge on any atom is 0.283 e. The molecule has 0 saturated carbocycles. The minimum atomic E-state index is -0.463. The van der Waals surface area contributed by atoms with Gasteiger partial charge in [-0.1, -0.05) is 32.0 Å². The largest absolute Gasteiger partial charge is 0.495 e. The van der Waals surface area contributed by atoms with Gasteiger partial charge in [0, 0.05) is 5.39 Å². The molecule has 1 aromatic heterocycles. The third-order valence-corrected chi connectivity index (χ3v) is 4.24. The Morgan fingerprint density at radius 2 is 2.04 bits per heavy atom. The first kappa shape index (κ1) is 18.4. The molecular weight excluding hydrogens is 344 g/mol. The lowest BCUT2D eigenvalue weighted by Gasteiger charge is -2.08. The average Bonchev–Trinajstić information content (AvgIpc) is 2.99. The second-order valence-corrected chi connectivity index (χ2v) is 6.43. The number of rotatable bonds is 6. The Labute approximate surface area is 157 Å². The van der Waals surface area contributed by atoms with E-state index in [9.17, 15) is 9.90 Å². The number of aromatic nitrogens is 1. The van der Waals surface area contributed by atoms with Crippen molar-refractivity contribution in [1.29, 1.82) is 0 Å². The van der Waals surface area contributed by atoms with E-state index in [1.54, 1.807) is 13.2 Å². The summed E-state index contributed by atoms with van der Waals surface area (Å²) in [5, 5.41) is 21.5. The monoisotopic (exact) mass is 366 g/mol. The first-order valence-corrected chi connectivity index (χ1v) is 8.65. The molecular formula is C20H22N4O3. The molecule has 0 aliphatic heterocycles. The van der Waals surface area contributed by atoms with Crippen LogP contribution < -0.4 is 10.1 Å². The van der Waals surface area contributed by atoms with Gasteiger partial charge in [-0.25, -0.2) is 0 Å². The lowest BCUT2D eigenvalue weighted by atomic mass is 10.0. The van der Waals surface area contributed by atoms with Gasteiger partial charge in [0.25, 0.3) is 5.91 Å². The highest BCUT2D eigenvalue weighted by molar-refractivity contribution is 5.95. The fraction of sp³-hybridized carbons (Fsp3) is 0.250. The number of aromatic hydroxyl groups is 1. The number of hydrogen-bond donors (Lipinski definition) is 3. The summed E-state index contributed by atoms with van der Waals surface area (Å²) >= 11 is 0. The number of carbonyl (C=O) groups is 1. The van der Waals surface area contributed by atoms with E-state index in [0.717, 1.165) is 16.5 Å². The van der Waals surface area contributed by atoms with E-state index in [2.05, 4.69) is 34.4 Å². The van der Waals surface area contributed by atoms with Crippen molar-refractivity contribution in [1.82, 2.24) is 4.98 Å². The molecule has 0 aliphatic carbocycles. The quantitative estimate of drug-likeness (QED) is 0.549. The zero-order chi connectivity index (χ0) is 19.4. The van der Waals surface area contributed by atoms with Gasteiger partial charge < -0.3 is 20.1 Å². The average molecular weight is 366 g/mol. The highest BCUT2D eigenvalue weighted by Gasteiger charge is 2.13. The van der Waals surface area contributed by atoms with E-state index in [4.69, 9.17) is 4.74 Å². The molecule has 0 radical (unpaired) electrons. The second-order valence-electron chi connectivity index (χ2n) is 6.43. The van der Waals surface area contributed by atoms with Crippen LogP contribution in [0.5, 0.6) is 11.6 Å².